The lowest BCUT2D eigenvalue weighted by Gasteiger charge is -1.93. The summed E-state index contributed by atoms with van der Waals surface area (Å²) in [5.74, 6) is 0. The van der Waals surface area contributed by atoms with Gasteiger partial charge in [-0.3, -0.25) is 4.68 Å². The molecule has 2 heterocycles. The SMILES string of the molecule is CCn1cc(Cc2cccs2)c(C)n1. The molecule has 0 aromatic carbocycles. The van der Waals surface area contributed by atoms with E-state index in [4.69, 9.17) is 0 Å². The van der Waals surface area contributed by atoms with E-state index in [1.54, 1.807) is 11.3 Å². The molecule has 0 aliphatic rings. The maximum absolute atomic E-state index is 4.43. The third-order valence-corrected chi connectivity index (χ3v) is 3.19. The number of nitrogens with zero attached hydrogens (tertiary/aromatic N) is 2. The molecule has 0 saturated heterocycles. The van der Waals surface area contributed by atoms with Crippen LogP contribution in [-0.2, 0) is 13.0 Å². The van der Waals surface area contributed by atoms with Gasteiger partial charge in [0.1, 0.15) is 0 Å². The highest BCUT2D eigenvalue weighted by molar-refractivity contribution is 7.09. The summed E-state index contributed by atoms with van der Waals surface area (Å²) in [7, 11) is 0. The van der Waals surface area contributed by atoms with Gasteiger partial charge in [0, 0.05) is 24.0 Å². The summed E-state index contributed by atoms with van der Waals surface area (Å²) in [6, 6.07) is 4.27. The van der Waals surface area contributed by atoms with Crippen molar-refractivity contribution in [2.24, 2.45) is 0 Å². The van der Waals surface area contributed by atoms with E-state index in [2.05, 4.69) is 42.7 Å². The van der Waals surface area contributed by atoms with Gasteiger partial charge in [-0.1, -0.05) is 6.07 Å². The Morgan fingerprint density at radius 2 is 2.36 bits per heavy atom. The van der Waals surface area contributed by atoms with Gasteiger partial charge in [-0.2, -0.15) is 5.10 Å². The molecule has 0 radical (unpaired) electrons. The highest BCUT2D eigenvalue weighted by Crippen LogP contribution is 2.16. The minimum absolute atomic E-state index is 0.950. The van der Waals surface area contributed by atoms with Crippen molar-refractivity contribution in [3.63, 3.8) is 0 Å². The average molecular weight is 206 g/mol. The van der Waals surface area contributed by atoms with Crippen LogP contribution in [0.2, 0.25) is 0 Å². The average Bonchev–Trinajstić information content (AvgIpc) is 2.78. The van der Waals surface area contributed by atoms with Crippen molar-refractivity contribution in [2.45, 2.75) is 26.8 Å². The predicted octanol–water partition coefficient (Wildman–Crippen LogP) is 2.86. The lowest BCUT2D eigenvalue weighted by atomic mass is 10.2. The molecule has 3 heteroatoms. The molecule has 0 spiro atoms. The van der Waals surface area contributed by atoms with Gasteiger partial charge >= 0.3 is 0 Å². The van der Waals surface area contributed by atoms with Crippen molar-refractivity contribution in [1.29, 1.82) is 0 Å². The van der Waals surface area contributed by atoms with Gasteiger partial charge in [-0.05, 0) is 30.9 Å². The summed E-state index contributed by atoms with van der Waals surface area (Å²) in [5.41, 5.74) is 2.49. The quantitative estimate of drug-likeness (QED) is 0.755. The Labute approximate surface area is 88.2 Å². The van der Waals surface area contributed by atoms with Crippen molar-refractivity contribution in [3.8, 4) is 0 Å². The first-order valence-electron chi connectivity index (χ1n) is 4.85. The van der Waals surface area contributed by atoms with E-state index < -0.39 is 0 Å². The normalized spacial score (nSPS) is 10.7. The summed E-state index contributed by atoms with van der Waals surface area (Å²) < 4.78 is 2.00. The zero-order valence-corrected chi connectivity index (χ0v) is 9.34. The summed E-state index contributed by atoms with van der Waals surface area (Å²) >= 11 is 1.81. The Morgan fingerprint density at radius 1 is 1.50 bits per heavy atom. The van der Waals surface area contributed by atoms with Crippen LogP contribution in [0, 0.1) is 6.92 Å². The highest BCUT2D eigenvalue weighted by Gasteiger charge is 2.05. The van der Waals surface area contributed by atoms with Crippen LogP contribution in [-0.4, -0.2) is 9.78 Å². The van der Waals surface area contributed by atoms with Gasteiger partial charge in [0.2, 0.25) is 0 Å². The maximum atomic E-state index is 4.43. The molecular weight excluding hydrogens is 192 g/mol. The van der Waals surface area contributed by atoms with E-state index in [0.717, 1.165) is 18.7 Å². The van der Waals surface area contributed by atoms with Gasteiger partial charge < -0.3 is 0 Å². The minimum atomic E-state index is 0.950. The van der Waals surface area contributed by atoms with Crippen molar-refractivity contribution >= 4 is 11.3 Å². The molecule has 0 fully saturated rings. The molecule has 2 aromatic heterocycles. The summed E-state index contributed by atoms with van der Waals surface area (Å²) in [5, 5.41) is 6.55. The van der Waals surface area contributed by atoms with Crippen LogP contribution in [0.3, 0.4) is 0 Å². The molecule has 14 heavy (non-hydrogen) atoms. The fraction of sp³-hybridized carbons (Fsp3) is 0.364. The third kappa shape index (κ3) is 1.87. The van der Waals surface area contributed by atoms with Crippen LogP contribution in [0.4, 0.5) is 0 Å². The second-order valence-electron chi connectivity index (χ2n) is 3.35. The van der Waals surface area contributed by atoms with E-state index in [0.29, 0.717) is 0 Å². The predicted molar refractivity (Wildman–Crippen MR) is 59.8 cm³/mol. The Morgan fingerprint density at radius 3 is 2.93 bits per heavy atom. The molecule has 0 aliphatic heterocycles. The standard InChI is InChI=1S/C11H14N2S/c1-3-13-8-10(9(2)12-13)7-11-5-4-6-14-11/h4-6,8H,3,7H2,1-2H3. The van der Waals surface area contributed by atoms with Crippen LogP contribution >= 0.6 is 11.3 Å². The Bertz CT molecular complexity index is 401. The van der Waals surface area contributed by atoms with Crippen LogP contribution in [0.25, 0.3) is 0 Å². The summed E-state index contributed by atoms with van der Waals surface area (Å²) in [4.78, 5) is 1.41. The van der Waals surface area contributed by atoms with Crippen molar-refractivity contribution in [3.05, 3.63) is 39.8 Å². The number of aryl methyl sites for hydroxylation is 2. The summed E-state index contributed by atoms with van der Waals surface area (Å²) in [6.45, 7) is 5.14. The Hall–Kier alpha value is -1.09. The van der Waals surface area contributed by atoms with E-state index in [-0.39, 0.29) is 0 Å². The van der Waals surface area contributed by atoms with E-state index in [9.17, 15) is 0 Å². The van der Waals surface area contributed by atoms with Gasteiger partial charge in [-0.15, -0.1) is 11.3 Å². The molecule has 2 nitrogen and oxygen atoms in total. The molecule has 0 atom stereocenters. The lowest BCUT2D eigenvalue weighted by molar-refractivity contribution is 0.653. The lowest BCUT2D eigenvalue weighted by Crippen LogP contribution is -1.93. The molecule has 0 aliphatic carbocycles. The number of hydrogen-bond acceptors (Lipinski definition) is 2. The molecule has 0 N–H and O–H groups in total. The summed E-state index contributed by atoms with van der Waals surface area (Å²) in [6.07, 6.45) is 3.17. The first-order valence-corrected chi connectivity index (χ1v) is 5.73. The largest absolute Gasteiger partial charge is 0.272 e. The zero-order chi connectivity index (χ0) is 9.97. The van der Waals surface area contributed by atoms with E-state index in [1.807, 2.05) is 4.68 Å². The zero-order valence-electron chi connectivity index (χ0n) is 8.53. The third-order valence-electron chi connectivity index (χ3n) is 2.32. The second-order valence-corrected chi connectivity index (χ2v) is 4.38. The first-order chi connectivity index (χ1) is 6.79. The number of hydrogen-bond donors (Lipinski definition) is 0. The Kier molecular flexibility index (Phi) is 2.68. The number of aromatic nitrogens is 2. The smallest absolute Gasteiger partial charge is 0.0629 e. The topological polar surface area (TPSA) is 17.8 Å². The molecule has 0 amide bonds. The number of thiophene rings is 1. The fourth-order valence-corrected chi connectivity index (χ4v) is 2.22. The maximum Gasteiger partial charge on any atom is 0.0629 e. The van der Waals surface area contributed by atoms with Crippen molar-refractivity contribution in [2.75, 3.05) is 0 Å². The van der Waals surface area contributed by atoms with Crippen molar-refractivity contribution < 1.29 is 0 Å². The van der Waals surface area contributed by atoms with Crippen molar-refractivity contribution in [1.82, 2.24) is 9.78 Å². The van der Waals surface area contributed by atoms with E-state index >= 15 is 0 Å². The van der Waals surface area contributed by atoms with Gasteiger partial charge in [0.15, 0.2) is 0 Å². The molecule has 0 bridgehead atoms. The van der Waals surface area contributed by atoms with E-state index in [1.165, 1.54) is 10.4 Å². The van der Waals surface area contributed by atoms with Crippen LogP contribution < -0.4 is 0 Å². The van der Waals surface area contributed by atoms with Crippen LogP contribution in [0.1, 0.15) is 23.1 Å². The minimum Gasteiger partial charge on any atom is -0.272 e. The monoisotopic (exact) mass is 206 g/mol. The van der Waals surface area contributed by atoms with Gasteiger partial charge in [0.05, 0.1) is 5.69 Å². The fourth-order valence-electron chi connectivity index (χ4n) is 1.50. The Balaban J connectivity index is 2.20. The molecule has 74 valence electrons. The highest BCUT2D eigenvalue weighted by atomic mass is 32.1. The molecule has 0 saturated carbocycles. The van der Waals surface area contributed by atoms with Gasteiger partial charge in [-0.25, -0.2) is 0 Å². The van der Waals surface area contributed by atoms with Crippen LogP contribution in [0.5, 0.6) is 0 Å². The molecule has 2 rings (SSSR count). The van der Waals surface area contributed by atoms with Gasteiger partial charge in [0.25, 0.3) is 0 Å². The van der Waals surface area contributed by atoms with Crippen LogP contribution in [0.15, 0.2) is 23.7 Å². The molecule has 2 aromatic rings. The second kappa shape index (κ2) is 3.96. The number of rotatable bonds is 3. The first kappa shape index (κ1) is 9.46. The molecular formula is C11H14N2S. The molecule has 0 unspecified atom stereocenters.